The number of para-hydroxylation sites is 2. The molecule has 0 aliphatic rings. The van der Waals surface area contributed by atoms with Crippen molar-refractivity contribution in [3.8, 4) is 50.8 Å². The van der Waals surface area contributed by atoms with E-state index in [9.17, 15) is 5.26 Å². The molecule has 0 aliphatic heterocycles. The normalized spacial score (nSPS) is 11.9. The van der Waals surface area contributed by atoms with E-state index < -0.39 is 11.7 Å². The first-order chi connectivity index (χ1) is 29.8. The predicted molar refractivity (Wildman–Crippen MR) is 250 cm³/mol. The number of benzene rings is 8. The molecule has 2 heterocycles. The molecule has 0 amide bonds. The summed E-state index contributed by atoms with van der Waals surface area (Å²) in [5.74, 6) is 0. The first-order valence-electron chi connectivity index (χ1n) is 20.8. The third-order valence-electron chi connectivity index (χ3n) is 12.5. The van der Waals surface area contributed by atoms with E-state index in [0.717, 1.165) is 88.1 Å². The Kier molecular flexibility index (Phi) is 9.01. The fourth-order valence-corrected chi connectivity index (χ4v) is 10.2. The minimum atomic E-state index is -4.74. The predicted octanol–water partition coefficient (Wildman–Crippen LogP) is 15.6. The maximum absolute atomic E-state index is 15.8. The van der Waals surface area contributed by atoms with E-state index >= 15 is 13.2 Å². The van der Waals surface area contributed by atoms with Crippen LogP contribution in [0, 0.1) is 52.9 Å². The topological polar surface area (TPSA) is 33.6 Å². The van der Waals surface area contributed by atoms with Gasteiger partial charge in [-0.1, -0.05) is 108 Å². The van der Waals surface area contributed by atoms with Gasteiger partial charge in [-0.2, -0.15) is 18.4 Å². The van der Waals surface area contributed by atoms with Gasteiger partial charge in [-0.05, 0) is 146 Å². The molecular weight excluding hydrogens is 772 g/mol. The van der Waals surface area contributed by atoms with Gasteiger partial charge in [0.1, 0.15) is 0 Å². The van der Waals surface area contributed by atoms with Crippen LogP contribution in [-0.2, 0) is 6.18 Å². The van der Waals surface area contributed by atoms with Crippen molar-refractivity contribution < 1.29 is 13.2 Å². The lowest BCUT2D eigenvalue weighted by molar-refractivity contribution is -0.137. The Morgan fingerprint density at radius 1 is 0.435 bits per heavy atom. The van der Waals surface area contributed by atoms with Crippen LogP contribution in [0.25, 0.3) is 88.4 Å². The summed E-state index contributed by atoms with van der Waals surface area (Å²) in [4.78, 5) is 0. The van der Waals surface area contributed by atoms with Gasteiger partial charge in [-0.15, -0.1) is 0 Å². The van der Waals surface area contributed by atoms with Crippen molar-refractivity contribution in [2.45, 2.75) is 47.7 Å². The second-order valence-corrected chi connectivity index (χ2v) is 16.8. The van der Waals surface area contributed by atoms with E-state index in [1.165, 1.54) is 17.2 Å². The molecule has 0 saturated heterocycles. The molecule has 302 valence electrons. The van der Waals surface area contributed by atoms with Crippen molar-refractivity contribution in [1.82, 2.24) is 9.13 Å². The number of aromatic nitrogens is 2. The van der Waals surface area contributed by atoms with Crippen LogP contribution in [0.5, 0.6) is 0 Å². The zero-order chi connectivity index (χ0) is 43.2. The molecule has 0 radical (unpaired) electrons. The van der Waals surface area contributed by atoms with E-state index in [1.807, 2.05) is 47.0 Å². The highest BCUT2D eigenvalue weighted by Gasteiger charge is 2.36. The van der Waals surface area contributed by atoms with Crippen LogP contribution in [0.1, 0.15) is 44.5 Å². The lowest BCUT2D eigenvalue weighted by Crippen LogP contribution is -2.12. The van der Waals surface area contributed by atoms with Crippen LogP contribution < -0.4 is 0 Å². The molecule has 0 saturated carbocycles. The van der Waals surface area contributed by atoms with Crippen molar-refractivity contribution in [3.63, 3.8) is 0 Å². The summed E-state index contributed by atoms with van der Waals surface area (Å²) >= 11 is 0. The Bertz CT molecular complexity index is 3490. The summed E-state index contributed by atoms with van der Waals surface area (Å²) in [6.45, 7) is 12.7. The zero-order valence-corrected chi connectivity index (χ0v) is 35.3. The lowest BCUT2D eigenvalue weighted by atomic mass is 9.93. The van der Waals surface area contributed by atoms with E-state index in [4.69, 9.17) is 0 Å². The summed E-state index contributed by atoms with van der Waals surface area (Å²) < 4.78 is 51.6. The number of fused-ring (bicyclic) bond motifs is 6. The number of halogens is 3. The molecule has 0 bridgehead atoms. The van der Waals surface area contributed by atoms with Crippen LogP contribution in [0.2, 0.25) is 0 Å². The summed E-state index contributed by atoms with van der Waals surface area (Å²) in [7, 11) is 0. The number of nitrogens with zero attached hydrogens (tertiary/aromatic N) is 3. The Labute approximate surface area is 358 Å². The fraction of sp³-hybridized carbons (Fsp3) is 0.125. The molecule has 3 nitrogen and oxygen atoms in total. The number of rotatable bonds is 5. The first kappa shape index (κ1) is 38.8. The van der Waals surface area contributed by atoms with E-state index in [-0.39, 0.29) is 11.1 Å². The summed E-state index contributed by atoms with van der Waals surface area (Å²) in [5.41, 5.74) is 15.3. The average Bonchev–Trinajstić information content (AvgIpc) is 3.74. The molecule has 2 aromatic heterocycles. The largest absolute Gasteiger partial charge is 0.417 e. The van der Waals surface area contributed by atoms with Gasteiger partial charge in [-0.3, -0.25) is 0 Å². The van der Waals surface area contributed by atoms with Gasteiger partial charge in [-0.25, -0.2) is 0 Å². The Hall–Kier alpha value is -7.36. The highest BCUT2D eigenvalue weighted by Crippen LogP contribution is 2.46. The minimum absolute atomic E-state index is 0.00646. The smallest absolute Gasteiger partial charge is 0.307 e. The molecule has 8 aromatic carbocycles. The number of hydrogen-bond acceptors (Lipinski definition) is 1. The molecule has 0 N–H and O–H groups in total. The minimum Gasteiger partial charge on any atom is -0.307 e. The monoisotopic (exact) mass is 813 g/mol. The first-order valence-corrected chi connectivity index (χ1v) is 20.8. The maximum Gasteiger partial charge on any atom is 0.417 e. The maximum atomic E-state index is 15.8. The highest BCUT2D eigenvalue weighted by molar-refractivity contribution is 6.13. The molecule has 10 rings (SSSR count). The van der Waals surface area contributed by atoms with Gasteiger partial charge in [0, 0.05) is 21.5 Å². The number of aryl methyl sites for hydroxylation is 6. The average molecular weight is 814 g/mol. The molecule has 0 fully saturated rings. The van der Waals surface area contributed by atoms with Crippen LogP contribution in [0.15, 0.2) is 146 Å². The quantitative estimate of drug-likeness (QED) is 0.170. The summed E-state index contributed by atoms with van der Waals surface area (Å²) in [6.07, 6.45) is -4.74. The molecule has 0 unspecified atom stereocenters. The van der Waals surface area contributed by atoms with E-state index in [1.54, 1.807) is 30.3 Å². The second-order valence-electron chi connectivity index (χ2n) is 16.8. The fourth-order valence-electron chi connectivity index (χ4n) is 10.2. The standard InChI is InChI=1S/C56H42F3N3/c1-32-22-34(3)54(35(4)23-32)40-18-20-44-42-14-7-9-16-48(42)61(50(44)27-40)52-29-46(39-13-11-12-38(26-39)31-60)47(56(57,58)59)30-53(52)62-49-17-10-8-15-43(49)45-21-19-41(28-51(45)62)55-36(5)24-33(2)25-37(55)6/h7-30H,1-6H3. The highest BCUT2D eigenvalue weighted by atomic mass is 19.4. The molecule has 0 atom stereocenters. The van der Waals surface area contributed by atoms with Crippen molar-refractivity contribution in [1.29, 1.82) is 5.26 Å². The van der Waals surface area contributed by atoms with Crippen LogP contribution in [-0.4, -0.2) is 9.13 Å². The van der Waals surface area contributed by atoms with E-state index in [0.29, 0.717) is 16.9 Å². The number of hydrogen-bond donors (Lipinski definition) is 0. The van der Waals surface area contributed by atoms with Crippen LogP contribution in [0.4, 0.5) is 13.2 Å². The second kappa shape index (κ2) is 14.4. The molecule has 10 aromatic rings. The Morgan fingerprint density at radius 3 is 1.35 bits per heavy atom. The SMILES string of the molecule is Cc1cc(C)c(-c2ccc3c4ccccc4n(-c4cc(-c5cccc(C#N)c5)c(C(F)(F)F)cc4-n4c5ccccc5c5ccc(-c6c(C)cc(C)cc6C)cc54)c3c2)c(C)c1. The summed E-state index contributed by atoms with van der Waals surface area (Å²) in [6, 6.07) is 49.2. The van der Waals surface area contributed by atoms with Crippen molar-refractivity contribution in [3.05, 3.63) is 190 Å². The third-order valence-corrected chi connectivity index (χ3v) is 12.5. The van der Waals surface area contributed by atoms with Gasteiger partial charge in [0.25, 0.3) is 0 Å². The van der Waals surface area contributed by atoms with Crippen molar-refractivity contribution in [2.75, 3.05) is 0 Å². The third kappa shape index (κ3) is 6.19. The van der Waals surface area contributed by atoms with Gasteiger partial charge >= 0.3 is 6.18 Å². The van der Waals surface area contributed by atoms with Crippen LogP contribution in [0.3, 0.4) is 0 Å². The molecule has 0 spiro atoms. The molecule has 0 aliphatic carbocycles. The lowest BCUT2D eigenvalue weighted by Gasteiger charge is -2.22. The van der Waals surface area contributed by atoms with Crippen molar-refractivity contribution >= 4 is 43.6 Å². The number of nitriles is 1. The van der Waals surface area contributed by atoms with Gasteiger partial charge in [0.15, 0.2) is 0 Å². The zero-order valence-electron chi connectivity index (χ0n) is 35.3. The Balaban J connectivity index is 1.39. The van der Waals surface area contributed by atoms with Gasteiger partial charge in [0.05, 0.1) is 50.6 Å². The van der Waals surface area contributed by atoms with E-state index in [2.05, 4.69) is 119 Å². The number of alkyl halides is 3. The molecular formula is C56H42F3N3. The van der Waals surface area contributed by atoms with Crippen molar-refractivity contribution in [2.24, 2.45) is 0 Å². The van der Waals surface area contributed by atoms with Gasteiger partial charge < -0.3 is 9.13 Å². The van der Waals surface area contributed by atoms with Crippen LogP contribution >= 0.6 is 0 Å². The molecule has 62 heavy (non-hydrogen) atoms. The Morgan fingerprint density at radius 2 is 0.887 bits per heavy atom. The van der Waals surface area contributed by atoms with Gasteiger partial charge in [0.2, 0.25) is 0 Å². The molecule has 6 heteroatoms. The summed E-state index contributed by atoms with van der Waals surface area (Å²) in [5, 5.41) is 13.7.